The number of carbonyl (C=O) groups is 1. The molecular weight excluding hydrogens is 381 g/mol. The average molecular weight is 400 g/mol. The molecule has 2 aromatic carbocycles. The molecule has 0 bridgehead atoms. The molecule has 1 aliphatic heterocycles. The molecule has 0 saturated carbocycles. The molecule has 6 heteroatoms. The number of imidazole rings is 1. The monoisotopic (exact) mass is 399 g/mol. The van der Waals surface area contributed by atoms with Crippen LogP contribution < -0.4 is 0 Å². The molecule has 0 N–H and O–H groups in total. The molecule has 27 heavy (non-hydrogen) atoms. The summed E-state index contributed by atoms with van der Waals surface area (Å²) >= 11 is 12.3. The summed E-state index contributed by atoms with van der Waals surface area (Å²) in [6.45, 7) is 3.24. The fourth-order valence-corrected chi connectivity index (χ4v) is 3.95. The van der Waals surface area contributed by atoms with Crippen molar-refractivity contribution in [3.8, 4) is 5.69 Å². The van der Waals surface area contributed by atoms with Crippen molar-refractivity contribution in [2.45, 2.75) is 26.3 Å². The predicted molar refractivity (Wildman–Crippen MR) is 108 cm³/mol. The summed E-state index contributed by atoms with van der Waals surface area (Å²) in [6, 6.07) is 13.5. The Kier molecular flexibility index (Phi) is 4.94. The lowest BCUT2D eigenvalue weighted by molar-refractivity contribution is 0.0731. The molecule has 138 valence electrons. The Morgan fingerprint density at radius 2 is 1.96 bits per heavy atom. The Morgan fingerprint density at radius 1 is 1.15 bits per heavy atom. The summed E-state index contributed by atoms with van der Waals surface area (Å²) in [4.78, 5) is 19.3. The second-order valence-electron chi connectivity index (χ2n) is 6.57. The number of para-hydroxylation sites is 1. The van der Waals surface area contributed by atoms with Gasteiger partial charge in [0, 0.05) is 24.3 Å². The van der Waals surface area contributed by atoms with E-state index in [1.807, 2.05) is 12.4 Å². The molecule has 1 aromatic heterocycles. The van der Waals surface area contributed by atoms with Gasteiger partial charge < -0.3 is 9.47 Å². The first-order chi connectivity index (χ1) is 13.1. The standard InChI is InChI=1S/C21H19Cl2N3O/c1-2-14-6-3-4-9-18(14)26-13-24-17-12-25(11-10-19(17)26)21(27)15-7-5-8-16(22)20(15)23/h3-9,13H,2,10-12H2,1H3. The number of aromatic nitrogens is 2. The van der Waals surface area contributed by atoms with Crippen molar-refractivity contribution >= 4 is 29.1 Å². The van der Waals surface area contributed by atoms with Crippen LogP contribution in [0.3, 0.4) is 0 Å². The molecule has 4 nitrogen and oxygen atoms in total. The van der Waals surface area contributed by atoms with Gasteiger partial charge in [0.2, 0.25) is 0 Å². The highest BCUT2D eigenvalue weighted by atomic mass is 35.5. The molecule has 3 aromatic rings. The van der Waals surface area contributed by atoms with Crippen molar-refractivity contribution in [3.63, 3.8) is 0 Å². The van der Waals surface area contributed by atoms with E-state index in [0.717, 1.165) is 29.9 Å². The van der Waals surface area contributed by atoms with Crippen molar-refractivity contribution in [1.29, 1.82) is 0 Å². The largest absolute Gasteiger partial charge is 0.332 e. The van der Waals surface area contributed by atoms with Gasteiger partial charge in [-0.1, -0.05) is 54.4 Å². The van der Waals surface area contributed by atoms with Gasteiger partial charge in [-0.2, -0.15) is 0 Å². The van der Waals surface area contributed by atoms with Crippen molar-refractivity contribution < 1.29 is 4.79 Å². The predicted octanol–water partition coefficient (Wildman–Crippen LogP) is 4.94. The molecule has 0 saturated heterocycles. The number of halogens is 2. The van der Waals surface area contributed by atoms with Crippen LogP contribution in [0.2, 0.25) is 10.0 Å². The van der Waals surface area contributed by atoms with Gasteiger partial charge in [-0.3, -0.25) is 4.79 Å². The van der Waals surface area contributed by atoms with Gasteiger partial charge in [0.25, 0.3) is 5.91 Å². The number of hydrogen-bond donors (Lipinski definition) is 0. The smallest absolute Gasteiger partial charge is 0.255 e. The zero-order valence-electron chi connectivity index (χ0n) is 15.0. The zero-order valence-corrected chi connectivity index (χ0v) is 16.5. The number of rotatable bonds is 3. The van der Waals surface area contributed by atoms with Crippen LogP contribution >= 0.6 is 23.2 Å². The summed E-state index contributed by atoms with van der Waals surface area (Å²) in [5, 5.41) is 0.693. The quantitative estimate of drug-likeness (QED) is 0.625. The minimum absolute atomic E-state index is 0.114. The van der Waals surface area contributed by atoms with E-state index in [4.69, 9.17) is 23.2 Å². The molecule has 2 heterocycles. The molecule has 0 spiro atoms. The van der Waals surface area contributed by atoms with E-state index in [-0.39, 0.29) is 5.91 Å². The van der Waals surface area contributed by atoms with Gasteiger partial charge >= 0.3 is 0 Å². The molecule has 0 radical (unpaired) electrons. The normalized spacial score (nSPS) is 13.5. The Morgan fingerprint density at radius 3 is 2.78 bits per heavy atom. The topological polar surface area (TPSA) is 38.1 Å². The number of carbonyl (C=O) groups excluding carboxylic acids is 1. The lowest BCUT2D eigenvalue weighted by atomic mass is 10.1. The Labute approximate surface area is 168 Å². The van der Waals surface area contributed by atoms with Gasteiger partial charge in [0.05, 0.1) is 34.2 Å². The minimum atomic E-state index is -0.114. The van der Waals surface area contributed by atoms with E-state index in [9.17, 15) is 4.79 Å². The number of amides is 1. The molecule has 4 rings (SSSR count). The van der Waals surface area contributed by atoms with Crippen molar-refractivity contribution in [3.05, 3.63) is 81.4 Å². The molecule has 0 fully saturated rings. The Bertz CT molecular complexity index is 1010. The molecule has 1 amide bonds. The van der Waals surface area contributed by atoms with Crippen LogP contribution in [0.1, 0.15) is 34.2 Å². The van der Waals surface area contributed by atoms with Crippen LogP contribution in [0.15, 0.2) is 48.8 Å². The van der Waals surface area contributed by atoms with Gasteiger partial charge in [-0.15, -0.1) is 0 Å². The summed E-state index contributed by atoms with van der Waals surface area (Å²) in [7, 11) is 0. The number of benzene rings is 2. The lowest BCUT2D eigenvalue weighted by Crippen LogP contribution is -2.36. The van der Waals surface area contributed by atoms with E-state index >= 15 is 0 Å². The van der Waals surface area contributed by atoms with E-state index < -0.39 is 0 Å². The van der Waals surface area contributed by atoms with Crippen molar-refractivity contribution in [2.75, 3.05) is 6.54 Å². The van der Waals surface area contributed by atoms with Gasteiger partial charge in [-0.05, 0) is 30.2 Å². The maximum Gasteiger partial charge on any atom is 0.255 e. The Hall–Kier alpha value is -2.30. The first-order valence-electron chi connectivity index (χ1n) is 8.96. The fraction of sp³-hybridized carbons (Fsp3) is 0.238. The van der Waals surface area contributed by atoms with Crippen LogP contribution in [0.4, 0.5) is 0 Å². The zero-order chi connectivity index (χ0) is 19.0. The third kappa shape index (κ3) is 3.24. The van der Waals surface area contributed by atoms with Gasteiger partial charge in [0.15, 0.2) is 0 Å². The summed E-state index contributed by atoms with van der Waals surface area (Å²) in [5.41, 5.74) is 4.97. The van der Waals surface area contributed by atoms with Crippen LogP contribution in [0.5, 0.6) is 0 Å². The highest BCUT2D eigenvalue weighted by Gasteiger charge is 2.27. The van der Waals surface area contributed by atoms with Crippen LogP contribution in [-0.4, -0.2) is 26.9 Å². The number of hydrogen-bond acceptors (Lipinski definition) is 2. The molecule has 0 unspecified atom stereocenters. The average Bonchev–Trinajstić information content (AvgIpc) is 3.12. The minimum Gasteiger partial charge on any atom is -0.332 e. The van der Waals surface area contributed by atoms with E-state index in [1.54, 1.807) is 23.1 Å². The molecule has 0 aliphatic carbocycles. The van der Waals surface area contributed by atoms with Crippen molar-refractivity contribution in [2.24, 2.45) is 0 Å². The summed E-state index contributed by atoms with van der Waals surface area (Å²) < 4.78 is 2.16. The summed E-state index contributed by atoms with van der Waals surface area (Å²) in [5.74, 6) is -0.114. The van der Waals surface area contributed by atoms with E-state index in [2.05, 4.69) is 34.7 Å². The molecule has 1 aliphatic rings. The Balaban J connectivity index is 1.63. The van der Waals surface area contributed by atoms with Crippen LogP contribution in [0.25, 0.3) is 5.69 Å². The first-order valence-corrected chi connectivity index (χ1v) is 9.72. The first kappa shape index (κ1) is 18.1. The number of aryl methyl sites for hydroxylation is 1. The number of nitrogens with zero attached hydrogens (tertiary/aromatic N) is 3. The lowest BCUT2D eigenvalue weighted by Gasteiger charge is -2.28. The fourth-order valence-electron chi connectivity index (χ4n) is 3.57. The van der Waals surface area contributed by atoms with Gasteiger partial charge in [0.1, 0.15) is 0 Å². The molecule has 0 atom stereocenters. The maximum atomic E-state index is 12.9. The third-order valence-corrected chi connectivity index (χ3v) is 5.83. The van der Waals surface area contributed by atoms with Gasteiger partial charge in [-0.25, -0.2) is 4.98 Å². The van der Waals surface area contributed by atoms with Crippen LogP contribution in [-0.2, 0) is 19.4 Å². The molecular formula is C21H19Cl2N3O. The van der Waals surface area contributed by atoms with E-state index in [0.29, 0.717) is 28.7 Å². The third-order valence-electron chi connectivity index (χ3n) is 5.01. The van der Waals surface area contributed by atoms with Crippen molar-refractivity contribution in [1.82, 2.24) is 14.5 Å². The SMILES string of the molecule is CCc1ccccc1-n1cnc2c1CCN(C(=O)c1cccc(Cl)c1Cl)C2. The number of fused-ring (bicyclic) bond motifs is 1. The summed E-state index contributed by atoms with van der Waals surface area (Å²) in [6.07, 6.45) is 3.57. The second kappa shape index (κ2) is 7.37. The van der Waals surface area contributed by atoms with E-state index in [1.165, 1.54) is 5.56 Å². The maximum absolute atomic E-state index is 12.9. The van der Waals surface area contributed by atoms with Crippen LogP contribution in [0, 0.1) is 0 Å². The second-order valence-corrected chi connectivity index (χ2v) is 7.35. The highest BCUT2D eigenvalue weighted by molar-refractivity contribution is 6.43. The highest BCUT2D eigenvalue weighted by Crippen LogP contribution is 2.29.